The molecule has 0 bridgehead atoms. The van der Waals surface area contributed by atoms with Crippen LogP contribution in [0.5, 0.6) is 11.5 Å². The van der Waals surface area contributed by atoms with Gasteiger partial charge in [-0.15, -0.1) is 0 Å². The number of ether oxygens (including phenoxy) is 3. The molecule has 180 valence electrons. The van der Waals surface area contributed by atoms with Crippen LogP contribution in [0.4, 0.5) is 37.7 Å². The van der Waals surface area contributed by atoms with E-state index in [1.807, 2.05) is 0 Å². The predicted molar refractivity (Wildman–Crippen MR) is 101 cm³/mol. The third-order valence-corrected chi connectivity index (χ3v) is 3.96. The van der Waals surface area contributed by atoms with E-state index in [1.54, 1.807) is 0 Å². The molecule has 2 rings (SSSR count). The van der Waals surface area contributed by atoms with E-state index in [0.29, 0.717) is 12.1 Å². The molecule has 14 heteroatoms. The summed E-state index contributed by atoms with van der Waals surface area (Å²) in [6.07, 6.45) is -9.76. The molecule has 2 aromatic rings. The van der Waals surface area contributed by atoms with Crippen molar-refractivity contribution in [2.24, 2.45) is 0 Å². The van der Waals surface area contributed by atoms with Crippen LogP contribution < -0.4 is 14.8 Å². The van der Waals surface area contributed by atoms with E-state index in [2.05, 4.69) is 5.32 Å². The first-order valence-corrected chi connectivity index (χ1v) is 8.94. The first-order chi connectivity index (χ1) is 15.3. The molecule has 0 aliphatic heterocycles. The van der Waals surface area contributed by atoms with Crippen molar-refractivity contribution in [2.45, 2.75) is 12.4 Å². The van der Waals surface area contributed by atoms with Gasteiger partial charge in [-0.1, -0.05) is 0 Å². The van der Waals surface area contributed by atoms with Crippen LogP contribution in [0.15, 0.2) is 36.4 Å². The number of amides is 1. The van der Waals surface area contributed by atoms with Gasteiger partial charge in [-0.2, -0.15) is 26.3 Å². The summed E-state index contributed by atoms with van der Waals surface area (Å²) >= 11 is 0. The summed E-state index contributed by atoms with van der Waals surface area (Å²) in [5.74, 6) is -2.11. The van der Waals surface area contributed by atoms with Gasteiger partial charge >= 0.3 is 12.4 Å². The Balaban J connectivity index is 2.21. The minimum atomic E-state index is -5.03. The van der Waals surface area contributed by atoms with Gasteiger partial charge in [0.05, 0.1) is 22.8 Å². The van der Waals surface area contributed by atoms with Crippen LogP contribution in [0.3, 0.4) is 0 Å². The summed E-state index contributed by atoms with van der Waals surface area (Å²) in [4.78, 5) is 21.9. The van der Waals surface area contributed by atoms with E-state index in [1.165, 1.54) is 7.11 Å². The predicted octanol–water partition coefficient (Wildman–Crippen LogP) is 4.68. The fraction of sp³-hybridized carbons (Fsp3) is 0.316. The average Bonchev–Trinajstić information content (AvgIpc) is 2.71. The second-order valence-electron chi connectivity index (χ2n) is 6.32. The first-order valence-electron chi connectivity index (χ1n) is 8.94. The number of carbonyl (C=O) groups is 1. The van der Waals surface area contributed by atoms with Crippen LogP contribution in [-0.4, -0.2) is 37.8 Å². The van der Waals surface area contributed by atoms with Gasteiger partial charge in [-0.05, 0) is 24.3 Å². The van der Waals surface area contributed by atoms with Crippen LogP contribution >= 0.6 is 0 Å². The number of alkyl halides is 6. The molecular weight excluding hydrogens is 466 g/mol. The lowest BCUT2D eigenvalue weighted by molar-refractivity contribution is -0.385. The first kappa shape index (κ1) is 25.7. The highest BCUT2D eigenvalue weighted by Crippen LogP contribution is 2.38. The van der Waals surface area contributed by atoms with Gasteiger partial charge < -0.3 is 19.5 Å². The van der Waals surface area contributed by atoms with Gasteiger partial charge in [0.15, 0.2) is 6.61 Å². The van der Waals surface area contributed by atoms with Crippen LogP contribution in [0.2, 0.25) is 0 Å². The van der Waals surface area contributed by atoms with Crippen LogP contribution in [0.25, 0.3) is 0 Å². The number of methoxy groups -OCH3 is 1. The van der Waals surface area contributed by atoms with Crippen LogP contribution in [-0.2, 0) is 21.9 Å². The lowest BCUT2D eigenvalue weighted by Crippen LogP contribution is -2.22. The highest BCUT2D eigenvalue weighted by atomic mass is 19.4. The second kappa shape index (κ2) is 10.4. The monoisotopic (exact) mass is 482 g/mol. The van der Waals surface area contributed by atoms with E-state index < -0.39 is 58.0 Å². The molecule has 1 N–H and O–H groups in total. The number of non-ortho nitro benzene ring substituents is 1. The number of nitrogens with zero attached hydrogens (tertiary/aromatic N) is 1. The number of benzene rings is 2. The standard InChI is InChI=1S/C19H16F6N2O6/c1-31-6-7-32-16-4-2-11(18(20,21)22)8-14(16)26-17(28)10-33-15-5-3-12(27(29)30)9-13(15)19(23,24)25/h2-5,8-9H,6-7,10H2,1H3,(H,26,28). The maximum atomic E-state index is 13.2. The summed E-state index contributed by atoms with van der Waals surface area (Å²) in [6, 6.07) is 3.93. The van der Waals surface area contributed by atoms with Crippen molar-refractivity contribution >= 4 is 17.3 Å². The van der Waals surface area contributed by atoms with E-state index in [-0.39, 0.29) is 25.0 Å². The topological polar surface area (TPSA) is 99.9 Å². The number of anilines is 1. The number of nitro benzene ring substituents is 1. The maximum absolute atomic E-state index is 13.2. The number of carbonyl (C=O) groups excluding carboxylic acids is 1. The zero-order valence-electron chi connectivity index (χ0n) is 16.7. The zero-order valence-corrected chi connectivity index (χ0v) is 16.7. The highest BCUT2D eigenvalue weighted by molar-refractivity contribution is 5.93. The van der Waals surface area contributed by atoms with Gasteiger partial charge in [0.1, 0.15) is 23.7 Å². The van der Waals surface area contributed by atoms with E-state index >= 15 is 0 Å². The van der Waals surface area contributed by atoms with Gasteiger partial charge in [-0.3, -0.25) is 14.9 Å². The molecule has 1 amide bonds. The molecule has 0 aromatic heterocycles. The summed E-state index contributed by atoms with van der Waals surface area (Å²) in [7, 11) is 1.36. The van der Waals surface area contributed by atoms with Crippen molar-refractivity contribution in [3.05, 3.63) is 57.6 Å². The number of nitro groups is 1. The molecule has 0 heterocycles. The number of rotatable bonds is 9. The fourth-order valence-corrected chi connectivity index (χ4v) is 2.47. The zero-order chi connectivity index (χ0) is 24.8. The van der Waals surface area contributed by atoms with Gasteiger partial charge in [0.25, 0.3) is 11.6 Å². The molecule has 0 fully saturated rings. The molecule has 0 unspecified atom stereocenters. The minimum absolute atomic E-state index is 0.0566. The molecule has 0 saturated carbocycles. The molecule has 8 nitrogen and oxygen atoms in total. The third-order valence-electron chi connectivity index (χ3n) is 3.96. The Bertz CT molecular complexity index is 1010. The Morgan fingerprint density at radius 2 is 1.64 bits per heavy atom. The molecular formula is C19H16F6N2O6. The Hall–Kier alpha value is -3.55. The largest absolute Gasteiger partial charge is 0.489 e. The van der Waals surface area contributed by atoms with Gasteiger partial charge in [-0.25, -0.2) is 0 Å². The highest BCUT2D eigenvalue weighted by Gasteiger charge is 2.36. The Morgan fingerprint density at radius 3 is 2.21 bits per heavy atom. The summed E-state index contributed by atoms with van der Waals surface area (Å²) in [6.45, 7) is -0.995. The fourth-order valence-electron chi connectivity index (χ4n) is 2.47. The Morgan fingerprint density at radius 1 is 0.970 bits per heavy atom. The minimum Gasteiger partial charge on any atom is -0.489 e. The normalized spacial score (nSPS) is 11.7. The maximum Gasteiger partial charge on any atom is 0.420 e. The lowest BCUT2D eigenvalue weighted by atomic mass is 10.1. The van der Waals surface area contributed by atoms with Crippen molar-refractivity contribution in [3.63, 3.8) is 0 Å². The molecule has 0 aliphatic rings. The molecule has 0 aliphatic carbocycles. The second-order valence-corrected chi connectivity index (χ2v) is 6.32. The quantitative estimate of drug-likeness (QED) is 0.241. The van der Waals surface area contributed by atoms with Crippen molar-refractivity contribution in [1.29, 1.82) is 0 Å². The number of halogens is 6. The molecule has 33 heavy (non-hydrogen) atoms. The summed E-state index contributed by atoms with van der Waals surface area (Å²) in [5.41, 5.74) is -3.84. The Labute approximate surface area is 182 Å². The number of hydrogen-bond acceptors (Lipinski definition) is 6. The third kappa shape index (κ3) is 7.24. The molecule has 0 radical (unpaired) electrons. The SMILES string of the molecule is COCCOc1ccc(C(F)(F)F)cc1NC(=O)COc1ccc([N+](=O)[O-])cc1C(F)(F)F. The van der Waals surface area contributed by atoms with Gasteiger partial charge in [0, 0.05) is 19.2 Å². The van der Waals surface area contributed by atoms with E-state index in [4.69, 9.17) is 14.2 Å². The van der Waals surface area contributed by atoms with Gasteiger partial charge in [0.2, 0.25) is 0 Å². The summed E-state index contributed by atoms with van der Waals surface area (Å²) in [5, 5.41) is 12.8. The van der Waals surface area contributed by atoms with Crippen molar-refractivity contribution in [1.82, 2.24) is 0 Å². The number of hydrogen-bond donors (Lipinski definition) is 1. The van der Waals surface area contributed by atoms with E-state index in [9.17, 15) is 41.3 Å². The van der Waals surface area contributed by atoms with Crippen LogP contribution in [0, 0.1) is 10.1 Å². The Kier molecular flexibility index (Phi) is 8.08. The van der Waals surface area contributed by atoms with Crippen molar-refractivity contribution in [3.8, 4) is 11.5 Å². The molecule has 0 atom stereocenters. The average molecular weight is 482 g/mol. The molecule has 0 saturated heterocycles. The molecule has 0 spiro atoms. The van der Waals surface area contributed by atoms with E-state index in [0.717, 1.165) is 18.2 Å². The molecule has 2 aromatic carbocycles. The van der Waals surface area contributed by atoms with Crippen LogP contribution in [0.1, 0.15) is 11.1 Å². The lowest BCUT2D eigenvalue weighted by Gasteiger charge is -2.16. The van der Waals surface area contributed by atoms with Crippen molar-refractivity contribution in [2.75, 3.05) is 32.2 Å². The number of nitrogens with one attached hydrogen (secondary N) is 1. The summed E-state index contributed by atoms with van der Waals surface area (Å²) < 4.78 is 93.4. The van der Waals surface area contributed by atoms with Crippen molar-refractivity contribution < 1.29 is 50.3 Å². The smallest absolute Gasteiger partial charge is 0.420 e.